The standard InChI is InChI=1S/C14H26O/c1-10(2)9-14(6,15)12-8-7-11(3)13(12,4)5/h7,10,12,15H,8-9H2,1-6H3. The van der Waals surface area contributed by atoms with Crippen molar-refractivity contribution in [2.45, 2.75) is 60.0 Å². The first-order valence-corrected chi connectivity index (χ1v) is 6.07. The topological polar surface area (TPSA) is 20.2 Å². The lowest BCUT2D eigenvalue weighted by molar-refractivity contribution is -0.0495. The van der Waals surface area contributed by atoms with Gasteiger partial charge >= 0.3 is 0 Å². The summed E-state index contributed by atoms with van der Waals surface area (Å²) in [5, 5.41) is 10.6. The average Bonchev–Trinajstić information content (AvgIpc) is 2.24. The maximum absolute atomic E-state index is 10.6. The van der Waals surface area contributed by atoms with Gasteiger partial charge in [-0.15, -0.1) is 0 Å². The second-order valence-electron chi connectivity index (χ2n) is 6.35. The lowest BCUT2D eigenvalue weighted by Gasteiger charge is -2.41. The van der Waals surface area contributed by atoms with Gasteiger partial charge in [0.05, 0.1) is 5.60 Å². The van der Waals surface area contributed by atoms with E-state index in [0.29, 0.717) is 11.8 Å². The summed E-state index contributed by atoms with van der Waals surface area (Å²) in [4.78, 5) is 0. The van der Waals surface area contributed by atoms with Gasteiger partial charge in [0.25, 0.3) is 0 Å². The Kier molecular flexibility index (Phi) is 3.35. The lowest BCUT2D eigenvalue weighted by atomic mass is 9.67. The van der Waals surface area contributed by atoms with Crippen molar-refractivity contribution in [2.24, 2.45) is 17.3 Å². The van der Waals surface area contributed by atoms with Crippen LogP contribution in [0.1, 0.15) is 54.4 Å². The predicted octanol–water partition coefficient (Wildman–Crippen LogP) is 3.78. The van der Waals surface area contributed by atoms with Gasteiger partial charge in [-0.2, -0.15) is 0 Å². The van der Waals surface area contributed by atoms with E-state index in [0.717, 1.165) is 12.8 Å². The molecule has 1 aliphatic rings. The molecule has 1 aliphatic carbocycles. The van der Waals surface area contributed by atoms with Crippen molar-refractivity contribution in [2.75, 3.05) is 0 Å². The van der Waals surface area contributed by atoms with Crippen molar-refractivity contribution in [1.29, 1.82) is 0 Å². The van der Waals surface area contributed by atoms with Crippen LogP contribution < -0.4 is 0 Å². The Morgan fingerprint density at radius 1 is 1.53 bits per heavy atom. The summed E-state index contributed by atoms with van der Waals surface area (Å²) >= 11 is 0. The van der Waals surface area contributed by atoms with Crippen LogP contribution in [-0.4, -0.2) is 10.7 Å². The quantitative estimate of drug-likeness (QED) is 0.703. The van der Waals surface area contributed by atoms with E-state index in [9.17, 15) is 5.11 Å². The third-order valence-corrected chi connectivity index (χ3v) is 4.12. The SMILES string of the molecule is CC1=CCC(C(C)(O)CC(C)C)C1(C)C. The zero-order valence-corrected chi connectivity index (χ0v) is 11.1. The molecule has 2 atom stereocenters. The van der Waals surface area contributed by atoms with Crippen molar-refractivity contribution in [3.05, 3.63) is 11.6 Å². The summed E-state index contributed by atoms with van der Waals surface area (Å²) in [5.74, 6) is 0.920. The Bertz CT molecular complexity index is 259. The van der Waals surface area contributed by atoms with Crippen LogP contribution in [0.2, 0.25) is 0 Å². The summed E-state index contributed by atoms with van der Waals surface area (Å²) in [7, 11) is 0. The Balaban J connectivity index is 2.82. The van der Waals surface area contributed by atoms with E-state index in [-0.39, 0.29) is 5.41 Å². The third-order valence-electron chi connectivity index (χ3n) is 4.12. The molecule has 1 rings (SSSR count). The van der Waals surface area contributed by atoms with Gasteiger partial charge in [-0.25, -0.2) is 0 Å². The first kappa shape index (κ1) is 12.8. The lowest BCUT2D eigenvalue weighted by Crippen LogP contribution is -2.42. The molecule has 15 heavy (non-hydrogen) atoms. The van der Waals surface area contributed by atoms with Gasteiger partial charge in [-0.1, -0.05) is 39.3 Å². The fourth-order valence-corrected chi connectivity index (χ4v) is 3.13. The third kappa shape index (κ3) is 2.44. The van der Waals surface area contributed by atoms with E-state index in [1.807, 2.05) is 6.92 Å². The van der Waals surface area contributed by atoms with Gasteiger partial charge in [0.1, 0.15) is 0 Å². The summed E-state index contributed by atoms with van der Waals surface area (Å²) in [6.07, 6.45) is 4.21. The molecule has 88 valence electrons. The van der Waals surface area contributed by atoms with E-state index < -0.39 is 5.60 Å². The highest BCUT2D eigenvalue weighted by molar-refractivity contribution is 5.21. The molecule has 0 amide bonds. The van der Waals surface area contributed by atoms with Crippen LogP contribution in [0.4, 0.5) is 0 Å². The molecule has 0 aromatic rings. The summed E-state index contributed by atoms with van der Waals surface area (Å²) in [6, 6.07) is 0. The van der Waals surface area contributed by atoms with Crippen molar-refractivity contribution >= 4 is 0 Å². The molecule has 1 N–H and O–H groups in total. The van der Waals surface area contributed by atoms with Crippen molar-refractivity contribution in [3.8, 4) is 0 Å². The zero-order chi connectivity index (χ0) is 11.9. The Labute approximate surface area is 94.6 Å². The highest BCUT2D eigenvalue weighted by Gasteiger charge is 2.45. The van der Waals surface area contributed by atoms with Crippen LogP contribution in [-0.2, 0) is 0 Å². The summed E-state index contributed by atoms with van der Waals surface area (Å²) in [5.41, 5.74) is 1.04. The average molecular weight is 210 g/mol. The molecular weight excluding hydrogens is 184 g/mol. The second-order valence-corrected chi connectivity index (χ2v) is 6.35. The molecule has 1 nitrogen and oxygen atoms in total. The zero-order valence-electron chi connectivity index (χ0n) is 11.1. The molecule has 0 saturated heterocycles. The van der Waals surface area contributed by atoms with Crippen LogP contribution in [0.3, 0.4) is 0 Å². The van der Waals surface area contributed by atoms with E-state index in [1.54, 1.807) is 0 Å². The van der Waals surface area contributed by atoms with Gasteiger partial charge in [0.15, 0.2) is 0 Å². The molecule has 0 aromatic carbocycles. The summed E-state index contributed by atoms with van der Waals surface area (Å²) < 4.78 is 0. The van der Waals surface area contributed by atoms with Crippen LogP contribution in [0.15, 0.2) is 11.6 Å². The fraction of sp³-hybridized carbons (Fsp3) is 0.857. The Morgan fingerprint density at radius 2 is 2.07 bits per heavy atom. The number of hydrogen-bond donors (Lipinski definition) is 1. The van der Waals surface area contributed by atoms with E-state index in [2.05, 4.69) is 40.7 Å². The molecule has 0 spiro atoms. The minimum atomic E-state index is -0.536. The van der Waals surface area contributed by atoms with Crippen LogP contribution in [0.5, 0.6) is 0 Å². The van der Waals surface area contributed by atoms with Crippen molar-refractivity contribution < 1.29 is 5.11 Å². The monoisotopic (exact) mass is 210 g/mol. The minimum absolute atomic E-state index is 0.151. The number of hydrogen-bond acceptors (Lipinski definition) is 1. The smallest absolute Gasteiger partial charge is 0.0661 e. The van der Waals surface area contributed by atoms with E-state index >= 15 is 0 Å². The van der Waals surface area contributed by atoms with Crippen molar-refractivity contribution in [3.63, 3.8) is 0 Å². The largest absolute Gasteiger partial charge is 0.390 e. The first-order valence-electron chi connectivity index (χ1n) is 6.07. The summed E-state index contributed by atoms with van der Waals surface area (Å²) in [6.45, 7) is 13.1. The normalized spacial score (nSPS) is 29.1. The first-order chi connectivity index (χ1) is 6.68. The highest BCUT2D eigenvalue weighted by Crippen LogP contribution is 2.49. The molecule has 0 aliphatic heterocycles. The predicted molar refractivity (Wildman–Crippen MR) is 65.7 cm³/mol. The maximum Gasteiger partial charge on any atom is 0.0661 e. The van der Waals surface area contributed by atoms with Gasteiger partial charge in [-0.05, 0) is 43.9 Å². The number of rotatable bonds is 3. The van der Waals surface area contributed by atoms with Crippen LogP contribution in [0, 0.1) is 17.3 Å². The molecule has 0 bridgehead atoms. The molecule has 0 aromatic heterocycles. The number of allylic oxidation sites excluding steroid dienone is 2. The second kappa shape index (κ2) is 3.93. The Hall–Kier alpha value is -0.300. The van der Waals surface area contributed by atoms with Gasteiger partial charge in [0.2, 0.25) is 0 Å². The Morgan fingerprint density at radius 3 is 2.40 bits per heavy atom. The van der Waals surface area contributed by atoms with Crippen LogP contribution >= 0.6 is 0 Å². The van der Waals surface area contributed by atoms with Gasteiger partial charge in [0, 0.05) is 0 Å². The molecule has 0 saturated carbocycles. The molecule has 0 fully saturated rings. The van der Waals surface area contributed by atoms with E-state index in [4.69, 9.17) is 0 Å². The minimum Gasteiger partial charge on any atom is -0.390 e. The fourth-order valence-electron chi connectivity index (χ4n) is 3.13. The molecule has 1 heteroatoms. The van der Waals surface area contributed by atoms with Gasteiger partial charge in [-0.3, -0.25) is 0 Å². The molecule has 0 radical (unpaired) electrons. The van der Waals surface area contributed by atoms with E-state index in [1.165, 1.54) is 5.57 Å². The van der Waals surface area contributed by atoms with Crippen molar-refractivity contribution in [1.82, 2.24) is 0 Å². The highest BCUT2D eigenvalue weighted by atomic mass is 16.3. The number of aliphatic hydroxyl groups is 1. The molecular formula is C14H26O. The molecule has 2 unspecified atom stereocenters. The van der Waals surface area contributed by atoms with Gasteiger partial charge < -0.3 is 5.11 Å². The van der Waals surface area contributed by atoms with Crippen LogP contribution in [0.25, 0.3) is 0 Å². The molecule has 0 heterocycles. The maximum atomic E-state index is 10.6.